The molecule has 0 aliphatic carbocycles. The van der Waals surface area contributed by atoms with E-state index in [-0.39, 0.29) is 5.54 Å². The highest BCUT2D eigenvalue weighted by Gasteiger charge is 2.06. The van der Waals surface area contributed by atoms with E-state index >= 15 is 0 Å². The molecule has 0 unspecified atom stereocenters. The maximum absolute atomic E-state index is 3.50. The van der Waals surface area contributed by atoms with Gasteiger partial charge in [0.05, 0.1) is 0 Å². The summed E-state index contributed by atoms with van der Waals surface area (Å²) in [5, 5.41) is 6.97. The van der Waals surface area contributed by atoms with Crippen molar-refractivity contribution < 1.29 is 0 Å². The molecule has 2 heteroatoms. The molecule has 2 aromatic rings. The Kier molecular flexibility index (Phi) is 5.40. The molecule has 112 valence electrons. The Bertz CT molecular complexity index is 524. The first-order valence-electron chi connectivity index (χ1n) is 7.69. The van der Waals surface area contributed by atoms with Crippen molar-refractivity contribution in [1.82, 2.24) is 5.32 Å². The third-order valence-corrected chi connectivity index (χ3v) is 3.33. The van der Waals surface area contributed by atoms with Gasteiger partial charge in [-0.2, -0.15) is 0 Å². The topological polar surface area (TPSA) is 24.1 Å². The van der Waals surface area contributed by atoms with Gasteiger partial charge in [0.2, 0.25) is 0 Å². The first-order valence-corrected chi connectivity index (χ1v) is 7.69. The van der Waals surface area contributed by atoms with E-state index in [0.29, 0.717) is 0 Å². The highest BCUT2D eigenvalue weighted by molar-refractivity contribution is 5.65. The largest absolute Gasteiger partial charge is 0.385 e. The van der Waals surface area contributed by atoms with Crippen LogP contribution < -0.4 is 10.6 Å². The van der Waals surface area contributed by atoms with Gasteiger partial charge in [0, 0.05) is 17.8 Å². The summed E-state index contributed by atoms with van der Waals surface area (Å²) in [6.07, 6.45) is 1.12. The van der Waals surface area contributed by atoms with Crippen LogP contribution in [0.5, 0.6) is 0 Å². The maximum Gasteiger partial charge on any atom is 0.0340 e. The van der Waals surface area contributed by atoms with Gasteiger partial charge in [-0.05, 0) is 57.0 Å². The second-order valence-corrected chi connectivity index (χ2v) is 6.40. The summed E-state index contributed by atoms with van der Waals surface area (Å²) in [7, 11) is 0. The van der Waals surface area contributed by atoms with Gasteiger partial charge in [0.1, 0.15) is 0 Å². The van der Waals surface area contributed by atoms with E-state index in [0.717, 1.165) is 19.5 Å². The van der Waals surface area contributed by atoms with E-state index < -0.39 is 0 Å². The number of anilines is 1. The van der Waals surface area contributed by atoms with Crippen molar-refractivity contribution in [3.05, 3.63) is 54.6 Å². The molecule has 0 aromatic heterocycles. The number of rotatable bonds is 6. The molecule has 0 amide bonds. The molecule has 2 nitrogen and oxygen atoms in total. The summed E-state index contributed by atoms with van der Waals surface area (Å²) in [5.41, 5.74) is 3.91. The summed E-state index contributed by atoms with van der Waals surface area (Å²) in [5.74, 6) is 0. The predicted octanol–water partition coefficient (Wildman–Crippen LogP) is 4.54. The van der Waals surface area contributed by atoms with Gasteiger partial charge in [0.25, 0.3) is 0 Å². The van der Waals surface area contributed by atoms with Crippen LogP contribution in [0.15, 0.2) is 54.6 Å². The van der Waals surface area contributed by atoms with Crippen molar-refractivity contribution in [2.75, 3.05) is 18.4 Å². The van der Waals surface area contributed by atoms with Gasteiger partial charge in [0.15, 0.2) is 0 Å². The average molecular weight is 282 g/mol. The molecule has 0 aliphatic rings. The lowest BCUT2D eigenvalue weighted by atomic mass is 10.1. The number of hydrogen-bond donors (Lipinski definition) is 2. The quantitative estimate of drug-likeness (QED) is 0.760. The third-order valence-electron chi connectivity index (χ3n) is 3.33. The van der Waals surface area contributed by atoms with Gasteiger partial charge in [-0.1, -0.05) is 42.5 Å². The lowest BCUT2D eigenvalue weighted by molar-refractivity contribution is 0.425. The molecule has 0 radical (unpaired) electrons. The molecule has 2 N–H and O–H groups in total. The Morgan fingerprint density at radius 3 is 2.00 bits per heavy atom. The van der Waals surface area contributed by atoms with Crippen molar-refractivity contribution in [3.8, 4) is 11.1 Å². The number of hydrogen-bond acceptors (Lipinski definition) is 2. The lowest BCUT2D eigenvalue weighted by Gasteiger charge is -2.20. The molecule has 21 heavy (non-hydrogen) atoms. The standard InChI is InChI=1S/C19H26N2/c1-19(2,3)21-15-7-14-20-18-12-10-17(11-13-18)16-8-5-4-6-9-16/h4-6,8-13,20-21H,7,14-15H2,1-3H3. The molecule has 0 saturated carbocycles. The Morgan fingerprint density at radius 2 is 1.38 bits per heavy atom. The molecule has 0 heterocycles. The van der Waals surface area contributed by atoms with Gasteiger partial charge in [-0.3, -0.25) is 0 Å². The van der Waals surface area contributed by atoms with Crippen molar-refractivity contribution in [1.29, 1.82) is 0 Å². The van der Waals surface area contributed by atoms with Crippen LogP contribution >= 0.6 is 0 Å². The molecule has 0 aliphatic heterocycles. The summed E-state index contributed by atoms with van der Waals surface area (Å²) in [6, 6.07) is 19.1. The van der Waals surface area contributed by atoms with Crippen LogP contribution in [0.1, 0.15) is 27.2 Å². The number of benzene rings is 2. The van der Waals surface area contributed by atoms with E-state index in [1.54, 1.807) is 0 Å². The fourth-order valence-corrected chi connectivity index (χ4v) is 2.20. The van der Waals surface area contributed by atoms with E-state index in [2.05, 4.69) is 79.9 Å². The zero-order valence-electron chi connectivity index (χ0n) is 13.3. The zero-order valence-corrected chi connectivity index (χ0v) is 13.3. The van der Waals surface area contributed by atoms with Gasteiger partial charge < -0.3 is 10.6 Å². The second-order valence-electron chi connectivity index (χ2n) is 6.40. The van der Waals surface area contributed by atoms with Gasteiger partial charge in [-0.25, -0.2) is 0 Å². The molecule has 2 rings (SSSR count). The van der Waals surface area contributed by atoms with Crippen molar-refractivity contribution in [2.24, 2.45) is 0 Å². The first-order chi connectivity index (χ1) is 10.0. The minimum atomic E-state index is 0.206. The van der Waals surface area contributed by atoms with E-state index in [1.165, 1.54) is 16.8 Å². The average Bonchev–Trinajstić information content (AvgIpc) is 2.47. The van der Waals surface area contributed by atoms with Crippen LogP contribution in [0.4, 0.5) is 5.69 Å². The highest BCUT2D eigenvalue weighted by atomic mass is 14.9. The molecular weight excluding hydrogens is 256 g/mol. The summed E-state index contributed by atoms with van der Waals surface area (Å²) in [6.45, 7) is 8.63. The van der Waals surface area contributed by atoms with Crippen LogP contribution in [0, 0.1) is 0 Å². The van der Waals surface area contributed by atoms with Crippen molar-refractivity contribution in [3.63, 3.8) is 0 Å². The first kappa shape index (κ1) is 15.6. The van der Waals surface area contributed by atoms with Crippen LogP contribution in [0.2, 0.25) is 0 Å². The number of nitrogens with one attached hydrogen (secondary N) is 2. The fourth-order valence-electron chi connectivity index (χ4n) is 2.20. The second kappa shape index (κ2) is 7.28. The molecule has 2 aromatic carbocycles. The smallest absolute Gasteiger partial charge is 0.0340 e. The van der Waals surface area contributed by atoms with Crippen LogP contribution in [0.25, 0.3) is 11.1 Å². The summed E-state index contributed by atoms with van der Waals surface area (Å²) in [4.78, 5) is 0. The minimum absolute atomic E-state index is 0.206. The Morgan fingerprint density at radius 1 is 0.762 bits per heavy atom. The Labute approximate surface area is 128 Å². The molecule has 0 fully saturated rings. The van der Waals surface area contributed by atoms with Crippen molar-refractivity contribution >= 4 is 5.69 Å². The maximum atomic E-state index is 3.50. The summed E-state index contributed by atoms with van der Waals surface area (Å²) < 4.78 is 0. The fraction of sp³-hybridized carbons (Fsp3) is 0.368. The molecule has 0 atom stereocenters. The van der Waals surface area contributed by atoms with Gasteiger partial charge >= 0.3 is 0 Å². The Balaban J connectivity index is 1.78. The lowest BCUT2D eigenvalue weighted by Crippen LogP contribution is -2.36. The van der Waals surface area contributed by atoms with Crippen LogP contribution in [0.3, 0.4) is 0 Å². The SMILES string of the molecule is CC(C)(C)NCCCNc1ccc(-c2ccccc2)cc1. The molecule has 0 spiro atoms. The summed E-state index contributed by atoms with van der Waals surface area (Å²) >= 11 is 0. The molecular formula is C19H26N2. The van der Waals surface area contributed by atoms with E-state index in [4.69, 9.17) is 0 Å². The third kappa shape index (κ3) is 5.60. The monoisotopic (exact) mass is 282 g/mol. The van der Waals surface area contributed by atoms with Crippen molar-refractivity contribution in [2.45, 2.75) is 32.7 Å². The highest BCUT2D eigenvalue weighted by Crippen LogP contribution is 2.20. The van der Waals surface area contributed by atoms with E-state index in [9.17, 15) is 0 Å². The molecule has 0 bridgehead atoms. The van der Waals surface area contributed by atoms with Gasteiger partial charge in [-0.15, -0.1) is 0 Å². The normalized spacial score (nSPS) is 11.4. The molecule has 0 saturated heterocycles. The predicted molar refractivity (Wildman–Crippen MR) is 92.7 cm³/mol. The van der Waals surface area contributed by atoms with E-state index in [1.807, 2.05) is 6.07 Å². The zero-order chi connectivity index (χ0) is 15.1. The van der Waals surface area contributed by atoms with Crippen LogP contribution in [-0.2, 0) is 0 Å². The minimum Gasteiger partial charge on any atom is -0.385 e. The van der Waals surface area contributed by atoms with Crippen LogP contribution in [-0.4, -0.2) is 18.6 Å². The Hall–Kier alpha value is -1.80.